The molecule has 2 rings (SSSR count). The quantitative estimate of drug-likeness (QED) is 0.911. The normalized spacial score (nSPS) is 10.9. The van der Waals surface area contributed by atoms with Crippen LogP contribution in [0.4, 0.5) is 5.82 Å². The highest BCUT2D eigenvalue weighted by Gasteiger charge is 2.16. The first-order valence-corrected chi connectivity index (χ1v) is 7.56. The Morgan fingerprint density at radius 3 is 2.65 bits per heavy atom. The monoisotopic (exact) mass is 334 g/mol. The van der Waals surface area contributed by atoms with Crippen molar-refractivity contribution in [3.05, 3.63) is 34.1 Å². The van der Waals surface area contributed by atoms with E-state index >= 15 is 0 Å². The molecule has 4 nitrogen and oxygen atoms in total. The van der Waals surface area contributed by atoms with E-state index in [1.807, 2.05) is 26.0 Å². The van der Waals surface area contributed by atoms with Crippen molar-refractivity contribution in [3.8, 4) is 11.5 Å². The maximum Gasteiger partial charge on any atom is 0.180 e. The second-order valence-corrected chi connectivity index (χ2v) is 5.79. The minimum absolute atomic E-state index is 0.313. The minimum atomic E-state index is 0.313. The molecule has 0 bridgehead atoms. The number of nitrogens with one attached hydrogen (secondary N) is 1. The standard InChI is InChI=1S/C15H19BrN4/c1-5-17-15-12(16)13(9(2)3)19-14(20-15)11-8-10(4)6-7-18-11/h6-9H,5H2,1-4H3,(H,17,19,20). The summed E-state index contributed by atoms with van der Waals surface area (Å²) in [6.07, 6.45) is 1.79. The van der Waals surface area contributed by atoms with Crippen LogP contribution < -0.4 is 5.32 Å². The average molecular weight is 335 g/mol. The third-order valence-electron chi connectivity index (χ3n) is 2.91. The number of rotatable bonds is 4. The van der Waals surface area contributed by atoms with Gasteiger partial charge in [0, 0.05) is 12.7 Å². The van der Waals surface area contributed by atoms with Crippen LogP contribution in [0, 0.1) is 6.92 Å². The zero-order chi connectivity index (χ0) is 14.7. The van der Waals surface area contributed by atoms with Crippen LogP contribution in [0.1, 0.15) is 37.9 Å². The predicted molar refractivity (Wildman–Crippen MR) is 86.0 cm³/mol. The van der Waals surface area contributed by atoms with Crippen molar-refractivity contribution in [1.82, 2.24) is 15.0 Å². The second-order valence-electron chi connectivity index (χ2n) is 5.00. The van der Waals surface area contributed by atoms with Gasteiger partial charge in [0.15, 0.2) is 5.82 Å². The maximum atomic E-state index is 4.67. The highest BCUT2D eigenvalue weighted by molar-refractivity contribution is 9.10. The summed E-state index contributed by atoms with van der Waals surface area (Å²) in [5.74, 6) is 1.80. The molecular formula is C15H19BrN4. The summed E-state index contributed by atoms with van der Waals surface area (Å²) >= 11 is 3.60. The van der Waals surface area contributed by atoms with Crippen LogP contribution >= 0.6 is 15.9 Å². The van der Waals surface area contributed by atoms with Crippen molar-refractivity contribution in [1.29, 1.82) is 0 Å². The largest absolute Gasteiger partial charge is 0.369 e. The van der Waals surface area contributed by atoms with Crippen LogP contribution in [0.15, 0.2) is 22.8 Å². The molecule has 2 aromatic heterocycles. The average Bonchev–Trinajstić information content (AvgIpc) is 2.41. The number of pyridine rings is 1. The molecule has 0 saturated carbocycles. The van der Waals surface area contributed by atoms with Crippen LogP contribution in [-0.4, -0.2) is 21.5 Å². The number of nitrogens with zero attached hydrogens (tertiary/aromatic N) is 3. The van der Waals surface area contributed by atoms with Gasteiger partial charge in [0.25, 0.3) is 0 Å². The van der Waals surface area contributed by atoms with E-state index in [2.05, 4.69) is 50.0 Å². The molecule has 106 valence electrons. The maximum absolute atomic E-state index is 4.67. The number of hydrogen-bond donors (Lipinski definition) is 1. The summed E-state index contributed by atoms with van der Waals surface area (Å²) in [6, 6.07) is 3.97. The van der Waals surface area contributed by atoms with Gasteiger partial charge >= 0.3 is 0 Å². The van der Waals surface area contributed by atoms with Crippen LogP contribution in [-0.2, 0) is 0 Å². The third kappa shape index (κ3) is 3.15. The van der Waals surface area contributed by atoms with E-state index in [0.717, 1.165) is 33.8 Å². The van der Waals surface area contributed by atoms with Crippen molar-refractivity contribution < 1.29 is 0 Å². The molecule has 0 saturated heterocycles. The zero-order valence-electron chi connectivity index (χ0n) is 12.2. The number of hydrogen-bond acceptors (Lipinski definition) is 4. The molecule has 0 aliphatic carbocycles. The van der Waals surface area contributed by atoms with E-state index in [0.29, 0.717) is 11.7 Å². The van der Waals surface area contributed by atoms with Crippen LogP contribution in [0.2, 0.25) is 0 Å². The van der Waals surface area contributed by atoms with Crippen LogP contribution in [0.5, 0.6) is 0 Å². The Hall–Kier alpha value is -1.49. The summed E-state index contributed by atoms with van der Waals surface area (Å²) in [7, 11) is 0. The SMILES string of the molecule is CCNc1nc(-c2cc(C)ccn2)nc(C(C)C)c1Br. The van der Waals surface area contributed by atoms with Gasteiger partial charge in [0.05, 0.1) is 10.2 Å². The molecular weight excluding hydrogens is 316 g/mol. The van der Waals surface area contributed by atoms with E-state index in [4.69, 9.17) is 0 Å². The lowest BCUT2D eigenvalue weighted by Crippen LogP contribution is -2.07. The fourth-order valence-electron chi connectivity index (χ4n) is 1.90. The van der Waals surface area contributed by atoms with Gasteiger partial charge in [-0.25, -0.2) is 9.97 Å². The van der Waals surface area contributed by atoms with E-state index < -0.39 is 0 Å². The van der Waals surface area contributed by atoms with Gasteiger partial charge in [0.1, 0.15) is 11.5 Å². The van der Waals surface area contributed by atoms with Crippen molar-refractivity contribution >= 4 is 21.7 Å². The molecule has 0 atom stereocenters. The first-order valence-electron chi connectivity index (χ1n) is 6.77. The highest BCUT2D eigenvalue weighted by atomic mass is 79.9. The number of aromatic nitrogens is 3. The summed E-state index contributed by atoms with van der Waals surface area (Å²) in [4.78, 5) is 13.6. The van der Waals surface area contributed by atoms with Crippen molar-refractivity contribution in [2.24, 2.45) is 0 Å². The zero-order valence-corrected chi connectivity index (χ0v) is 13.8. The fourth-order valence-corrected chi connectivity index (χ4v) is 2.68. The molecule has 1 N–H and O–H groups in total. The topological polar surface area (TPSA) is 50.7 Å². The first kappa shape index (κ1) is 14.9. The number of halogens is 1. The van der Waals surface area contributed by atoms with Crippen molar-refractivity contribution in [2.75, 3.05) is 11.9 Å². The summed E-state index contributed by atoms with van der Waals surface area (Å²) < 4.78 is 0.936. The number of aryl methyl sites for hydroxylation is 1. The minimum Gasteiger partial charge on any atom is -0.369 e. The Balaban J connectivity index is 2.58. The molecule has 20 heavy (non-hydrogen) atoms. The number of anilines is 1. The fraction of sp³-hybridized carbons (Fsp3) is 0.400. The van der Waals surface area contributed by atoms with Crippen molar-refractivity contribution in [3.63, 3.8) is 0 Å². The van der Waals surface area contributed by atoms with Gasteiger partial charge in [-0.15, -0.1) is 0 Å². The van der Waals surface area contributed by atoms with Crippen LogP contribution in [0.3, 0.4) is 0 Å². The Bertz CT molecular complexity index is 611. The molecule has 0 unspecified atom stereocenters. The Morgan fingerprint density at radius 1 is 1.30 bits per heavy atom. The van der Waals surface area contributed by atoms with E-state index in [1.165, 1.54) is 0 Å². The smallest absolute Gasteiger partial charge is 0.180 e. The van der Waals surface area contributed by atoms with Gasteiger partial charge in [0.2, 0.25) is 0 Å². The first-order chi connectivity index (χ1) is 9.52. The van der Waals surface area contributed by atoms with Gasteiger partial charge in [-0.3, -0.25) is 4.98 Å². The molecule has 2 aromatic rings. The molecule has 0 fully saturated rings. The summed E-state index contributed by atoms with van der Waals surface area (Å²) in [6.45, 7) is 9.15. The Morgan fingerprint density at radius 2 is 2.05 bits per heavy atom. The molecule has 2 heterocycles. The molecule has 0 spiro atoms. The van der Waals surface area contributed by atoms with Crippen LogP contribution in [0.25, 0.3) is 11.5 Å². The lowest BCUT2D eigenvalue weighted by atomic mass is 10.1. The summed E-state index contributed by atoms with van der Waals surface area (Å²) in [5.41, 5.74) is 2.95. The van der Waals surface area contributed by atoms with Gasteiger partial charge in [-0.05, 0) is 53.4 Å². The molecule has 0 aliphatic heterocycles. The lowest BCUT2D eigenvalue weighted by Gasteiger charge is -2.14. The highest BCUT2D eigenvalue weighted by Crippen LogP contribution is 2.31. The Labute approximate surface area is 128 Å². The Kier molecular flexibility index (Phi) is 4.70. The molecule has 0 aromatic carbocycles. The molecule has 0 aliphatic rings. The predicted octanol–water partition coefficient (Wildman–Crippen LogP) is 4.16. The second kappa shape index (κ2) is 6.31. The van der Waals surface area contributed by atoms with E-state index in [9.17, 15) is 0 Å². The summed E-state index contributed by atoms with van der Waals surface area (Å²) in [5, 5.41) is 3.27. The molecule has 0 amide bonds. The van der Waals surface area contributed by atoms with Gasteiger partial charge < -0.3 is 5.32 Å². The van der Waals surface area contributed by atoms with Gasteiger partial charge in [-0.1, -0.05) is 13.8 Å². The van der Waals surface area contributed by atoms with Gasteiger partial charge in [-0.2, -0.15) is 0 Å². The van der Waals surface area contributed by atoms with Crippen molar-refractivity contribution in [2.45, 2.75) is 33.6 Å². The lowest BCUT2D eigenvalue weighted by molar-refractivity contribution is 0.808. The molecule has 5 heteroatoms. The molecule has 0 radical (unpaired) electrons. The third-order valence-corrected chi connectivity index (χ3v) is 3.69. The van der Waals surface area contributed by atoms with E-state index in [1.54, 1.807) is 6.20 Å². The van der Waals surface area contributed by atoms with E-state index in [-0.39, 0.29) is 0 Å².